The lowest BCUT2D eigenvalue weighted by atomic mass is 10.0. The number of ether oxygens (including phenoxy) is 1. The Hall–Kier alpha value is -0.760. The molecule has 2 atom stereocenters. The number of benzene rings is 1. The molecule has 2 N–H and O–H groups in total. The topological polar surface area (TPSA) is 52.3 Å². The lowest BCUT2D eigenvalue weighted by molar-refractivity contribution is -0.149. The Morgan fingerprint density at radius 2 is 2.24 bits per heavy atom. The number of carbonyl (C=O) groups excluding carboxylic acids is 1. The maximum absolute atomic E-state index is 13.6. The normalized spacial score (nSPS) is 14.2. The number of rotatable bonds is 4. The van der Waals surface area contributed by atoms with Gasteiger partial charge in [0, 0.05) is 9.13 Å². The average molecular weight is 355 g/mol. The minimum Gasteiger partial charge on any atom is -0.464 e. The average Bonchev–Trinajstić information content (AvgIpc) is 2.30. The second-order valence-electron chi connectivity index (χ2n) is 3.35. The van der Waals surface area contributed by atoms with Crippen LogP contribution in [0.25, 0.3) is 0 Å². The molecule has 0 amide bonds. The fourth-order valence-corrected chi connectivity index (χ4v) is 1.81. The third kappa shape index (κ3) is 3.60. The number of halogens is 3. The molecule has 94 valence electrons. The summed E-state index contributed by atoms with van der Waals surface area (Å²) in [6, 6.07) is 2.77. The number of nitrogens with two attached hydrogens (primary N) is 1. The summed E-state index contributed by atoms with van der Waals surface area (Å²) in [6.07, 6.45) is -2.07. The van der Waals surface area contributed by atoms with Crippen LogP contribution < -0.4 is 5.73 Å². The highest BCUT2D eigenvalue weighted by molar-refractivity contribution is 14.1. The first-order valence-corrected chi connectivity index (χ1v) is 6.06. The molecule has 0 radical (unpaired) electrons. The molecule has 0 saturated heterocycles. The predicted molar refractivity (Wildman–Crippen MR) is 67.6 cm³/mol. The molecular weight excluding hydrogens is 343 g/mol. The Balaban J connectivity index is 2.91. The van der Waals surface area contributed by atoms with Crippen molar-refractivity contribution in [3.8, 4) is 0 Å². The maximum atomic E-state index is 13.6. The first-order chi connectivity index (χ1) is 7.97. The van der Waals surface area contributed by atoms with Crippen molar-refractivity contribution in [2.45, 2.75) is 19.1 Å². The Kier molecular flexibility index (Phi) is 5.26. The van der Waals surface area contributed by atoms with E-state index in [2.05, 4.69) is 4.74 Å². The zero-order valence-electron chi connectivity index (χ0n) is 9.12. The summed E-state index contributed by atoms with van der Waals surface area (Å²) in [5.41, 5.74) is 5.49. The quantitative estimate of drug-likeness (QED) is 0.666. The van der Waals surface area contributed by atoms with E-state index in [9.17, 15) is 13.6 Å². The molecule has 0 aromatic heterocycles. The van der Waals surface area contributed by atoms with Gasteiger partial charge in [-0.2, -0.15) is 0 Å². The van der Waals surface area contributed by atoms with E-state index in [0.717, 1.165) is 0 Å². The van der Waals surface area contributed by atoms with Gasteiger partial charge in [0.25, 0.3) is 0 Å². The van der Waals surface area contributed by atoms with Gasteiger partial charge in [0.05, 0.1) is 12.6 Å². The lowest BCUT2D eigenvalue weighted by Crippen LogP contribution is -2.32. The second kappa shape index (κ2) is 6.25. The fraction of sp³-hybridized carbons (Fsp3) is 0.364. The molecular formula is C11H12F2INO2. The van der Waals surface area contributed by atoms with Gasteiger partial charge in [-0.25, -0.2) is 13.6 Å². The zero-order chi connectivity index (χ0) is 13.0. The molecule has 1 aromatic carbocycles. The molecule has 0 fully saturated rings. The highest BCUT2D eigenvalue weighted by atomic mass is 127. The van der Waals surface area contributed by atoms with E-state index in [1.165, 1.54) is 18.2 Å². The summed E-state index contributed by atoms with van der Waals surface area (Å²) in [6.45, 7) is 1.61. The van der Waals surface area contributed by atoms with Gasteiger partial charge in [0.1, 0.15) is 5.82 Å². The van der Waals surface area contributed by atoms with E-state index in [4.69, 9.17) is 5.73 Å². The summed E-state index contributed by atoms with van der Waals surface area (Å²) >= 11 is 1.95. The van der Waals surface area contributed by atoms with Crippen LogP contribution in [-0.4, -0.2) is 18.7 Å². The van der Waals surface area contributed by atoms with Crippen molar-refractivity contribution in [1.29, 1.82) is 0 Å². The smallest absolute Gasteiger partial charge is 0.342 e. The molecule has 17 heavy (non-hydrogen) atoms. The standard InChI is InChI=1S/C11H12F2INO2/c1-2-17-11(16)9(13)10(15)7-5-6(14)3-4-8(7)12/h3-5,9-10H,2,15H2,1H3/t9?,10-/m0/s1. The SMILES string of the molecule is CCOC(=O)C(F)[C@@H](N)c1cc(I)ccc1F. The molecule has 0 bridgehead atoms. The molecule has 0 aliphatic heterocycles. The van der Waals surface area contributed by atoms with Crippen LogP contribution in [-0.2, 0) is 9.53 Å². The number of carbonyl (C=O) groups is 1. The van der Waals surface area contributed by atoms with Gasteiger partial charge in [0.2, 0.25) is 6.17 Å². The Labute approximate surface area is 111 Å². The van der Waals surface area contributed by atoms with Gasteiger partial charge in [-0.3, -0.25) is 0 Å². The first-order valence-electron chi connectivity index (χ1n) is 4.98. The van der Waals surface area contributed by atoms with E-state index in [0.29, 0.717) is 3.57 Å². The number of hydrogen-bond donors (Lipinski definition) is 1. The monoisotopic (exact) mass is 355 g/mol. The third-order valence-electron chi connectivity index (χ3n) is 2.14. The van der Waals surface area contributed by atoms with E-state index < -0.39 is 24.0 Å². The Bertz CT molecular complexity index is 414. The molecule has 0 aliphatic carbocycles. The summed E-state index contributed by atoms with van der Waals surface area (Å²) < 4.78 is 32.2. The van der Waals surface area contributed by atoms with E-state index >= 15 is 0 Å². The minimum atomic E-state index is -2.07. The molecule has 3 nitrogen and oxygen atoms in total. The van der Waals surface area contributed by atoms with Gasteiger partial charge >= 0.3 is 5.97 Å². The molecule has 0 aliphatic rings. The predicted octanol–water partition coefficient (Wildman–Crippen LogP) is 2.33. The Morgan fingerprint density at radius 3 is 2.82 bits per heavy atom. The van der Waals surface area contributed by atoms with Crippen molar-refractivity contribution >= 4 is 28.6 Å². The highest BCUT2D eigenvalue weighted by Crippen LogP contribution is 2.23. The molecule has 1 rings (SSSR count). The van der Waals surface area contributed by atoms with Crippen LogP contribution in [0.15, 0.2) is 18.2 Å². The summed E-state index contributed by atoms with van der Waals surface area (Å²) in [5.74, 6) is -1.71. The van der Waals surface area contributed by atoms with Crippen molar-refractivity contribution in [3.63, 3.8) is 0 Å². The number of esters is 1. The van der Waals surface area contributed by atoms with Crippen LogP contribution in [0.5, 0.6) is 0 Å². The van der Waals surface area contributed by atoms with Crippen molar-refractivity contribution in [3.05, 3.63) is 33.1 Å². The molecule has 1 unspecified atom stereocenters. The molecule has 1 aromatic rings. The fourth-order valence-electron chi connectivity index (χ4n) is 1.30. The molecule has 0 saturated carbocycles. The summed E-state index contributed by atoms with van der Waals surface area (Å²) in [7, 11) is 0. The van der Waals surface area contributed by atoms with Crippen molar-refractivity contribution in [2.24, 2.45) is 5.73 Å². The van der Waals surface area contributed by atoms with Gasteiger partial charge in [0.15, 0.2) is 0 Å². The van der Waals surface area contributed by atoms with Crippen LogP contribution >= 0.6 is 22.6 Å². The highest BCUT2D eigenvalue weighted by Gasteiger charge is 2.29. The van der Waals surface area contributed by atoms with E-state index in [1.807, 2.05) is 22.6 Å². The first kappa shape index (κ1) is 14.3. The van der Waals surface area contributed by atoms with Crippen LogP contribution in [0.3, 0.4) is 0 Å². The summed E-state index contributed by atoms with van der Waals surface area (Å²) in [4.78, 5) is 11.2. The summed E-state index contributed by atoms with van der Waals surface area (Å²) in [5, 5.41) is 0. The Morgan fingerprint density at radius 1 is 1.59 bits per heavy atom. The largest absolute Gasteiger partial charge is 0.464 e. The number of hydrogen-bond acceptors (Lipinski definition) is 3. The van der Waals surface area contributed by atoms with Gasteiger partial charge in [-0.05, 0) is 47.7 Å². The van der Waals surface area contributed by atoms with Crippen molar-refractivity contribution in [2.75, 3.05) is 6.61 Å². The van der Waals surface area contributed by atoms with Gasteiger partial charge < -0.3 is 10.5 Å². The van der Waals surface area contributed by atoms with E-state index in [-0.39, 0.29) is 12.2 Å². The van der Waals surface area contributed by atoms with Crippen LogP contribution in [0.1, 0.15) is 18.5 Å². The van der Waals surface area contributed by atoms with Gasteiger partial charge in [-0.1, -0.05) is 0 Å². The molecule has 0 spiro atoms. The molecule has 0 heterocycles. The van der Waals surface area contributed by atoms with Gasteiger partial charge in [-0.15, -0.1) is 0 Å². The van der Waals surface area contributed by atoms with Crippen LogP contribution in [0, 0.1) is 9.39 Å². The van der Waals surface area contributed by atoms with Crippen LogP contribution in [0.4, 0.5) is 8.78 Å². The maximum Gasteiger partial charge on any atom is 0.342 e. The van der Waals surface area contributed by atoms with Crippen molar-refractivity contribution < 1.29 is 18.3 Å². The van der Waals surface area contributed by atoms with E-state index in [1.54, 1.807) is 6.92 Å². The third-order valence-corrected chi connectivity index (χ3v) is 2.82. The lowest BCUT2D eigenvalue weighted by Gasteiger charge is -2.16. The van der Waals surface area contributed by atoms with Crippen molar-refractivity contribution in [1.82, 2.24) is 0 Å². The number of alkyl halides is 1. The zero-order valence-corrected chi connectivity index (χ0v) is 11.3. The second-order valence-corrected chi connectivity index (χ2v) is 4.59. The molecule has 6 heteroatoms. The minimum absolute atomic E-state index is 0.0301. The van der Waals surface area contributed by atoms with Crippen LogP contribution in [0.2, 0.25) is 0 Å².